The average Bonchev–Trinajstić information content (AvgIpc) is 2.79. The number of benzene rings is 1. The number of nitrogens with zero attached hydrogens (tertiary/aromatic N) is 1. The molecule has 0 radical (unpaired) electrons. The fourth-order valence-electron chi connectivity index (χ4n) is 5.42. The van der Waals surface area contributed by atoms with Crippen LogP contribution >= 0.6 is 0 Å². The Balaban J connectivity index is 2.13. The molecular formula is C32H56N2O5. The van der Waals surface area contributed by atoms with Crippen molar-refractivity contribution < 1.29 is 29.0 Å². The third kappa shape index (κ3) is 17.5. The highest BCUT2D eigenvalue weighted by atomic mass is 16.5. The van der Waals surface area contributed by atoms with Crippen LogP contribution in [0.4, 0.5) is 0 Å². The van der Waals surface area contributed by atoms with E-state index in [0.717, 1.165) is 30.5 Å². The van der Waals surface area contributed by atoms with Gasteiger partial charge >= 0.3 is 0 Å². The molecule has 1 aromatic carbocycles. The first-order valence-electron chi connectivity index (χ1n) is 14.4. The molecular weight excluding hydrogens is 492 g/mol. The molecule has 1 aromatic rings. The van der Waals surface area contributed by atoms with Crippen molar-refractivity contribution in [1.29, 1.82) is 0 Å². The standard InChI is InChI=1S/C32H56N2O5/c1-26(23-32(5,6)25-31(2,3)4)22-28(30(36)37)14-15-33-16-18-38-20-21-39-19-17-34(7,8)24-29(35)27-12-10-9-11-13-27/h9-13,28-29,33,35H,1,14-25H2,2-8H3. The Hall–Kier alpha value is -1.77. The molecule has 39 heavy (non-hydrogen) atoms. The number of aliphatic hydroxyl groups is 1. The summed E-state index contributed by atoms with van der Waals surface area (Å²) in [6.07, 6.45) is 2.35. The molecule has 2 atom stereocenters. The zero-order valence-corrected chi connectivity index (χ0v) is 25.8. The van der Waals surface area contributed by atoms with Gasteiger partial charge in [-0.2, -0.15) is 0 Å². The summed E-state index contributed by atoms with van der Waals surface area (Å²) < 4.78 is 12.0. The van der Waals surface area contributed by atoms with Gasteiger partial charge in [0.25, 0.3) is 0 Å². The van der Waals surface area contributed by atoms with Gasteiger partial charge in [-0.05, 0) is 48.6 Å². The molecule has 1 rings (SSSR count). The molecule has 0 aliphatic carbocycles. The Bertz CT molecular complexity index is 833. The highest BCUT2D eigenvalue weighted by Gasteiger charge is 2.27. The SMILES string of the molecule is C=C(CC(CCNCCOCCOCC[N+](C)(C)CC(O)c1ccccc1)C(=O)[O-])CC(C)(C)CC(C)(C)C. The van der Waals surface area contributed by atoms with Crippen LogP contribution in [0.5, 0.6) is 0 Å². The molecule has 2 unspecified atom stereocenters. The largest absolute Gasteiger partial charge is 0.550 e. The van der Waals surface area contributed by atoms with Crippen molar-refractivity contribution in [1.82, 2.24) is 5.32 Å². The van der Waals surface area contributed by atoms with E-state index >= 15 is 0 Å². The number of quaternary nitrogens is 1. The van der Waals surface area contributed by atoms with E-state index in [1.807, 2.05) is 30.3 Å². The van der Waals surface area contributed by atoms with Crippen LogP contribution in [0, 0.1) is 16.7 Å². The average molecular weight is 549 g/mol. The van der Waals surface area contributed by atoms with Crippen molar-refractivity contribution in [3.63, 3.8) is 0 Å². The highest BCUT2D eigenvalue weighted by molar-refractivity contribution is 5.68. The maximum absolute atomic E-state index is 11.7. The minimum Gasteiger partial charge on any atom is -0.550 e. The van der Waals surface area contributed by atoms with Crippen LogP contribution in [0.25, 0.3) is 0 Å². The number of carbonyl (C=O) groups excluding carboxylic acids is 1. The second-order valence-corrected chi connectivity index (χ2v) is 13.6. The lowest BCUT2D eigenvalue weighted by Crippen LogP contribution is -2.45. The van der Waals surface area contributed by atoms with Crippen LogP contribution < -0.4 is 10.4 Å². The number of hydrogen-bond acceptors (Lipinski definition) is 6. The summed E-state index contributed by atoms with van der Waals surface area (Å²) in [5, 5.41) is 25.4. The van der Waals surface area contributed by atoms with Crippen molar-refractivity contribution in [2.45, 2.75) is 66.4 Å². The first-order chi connectivity index (χ1) is 18.1. The van der Waals surface area contributed by atoms with Crippen LogP contribution in [0.3, 0.4) is 0 Å². The van der Waals surface area contributed by atoms with Crippen molar-refractivity contribution in [2.24, 2.45) is 16.7 Å². The maximum Gasteiger partial charge on any atom is 0.128 e. The predicted octanol–water partition coefficient (Wildman–Crippen LogP) is 3.97. The van der Waals surface area contributed by atoms with Crippen molar-refractivity contribution in [3.8, 4) is 0 Å². The second-order valence-electron chi connectivity index (χ2n) is 13.6. The molecule has 7 nitrogen and oxygen atoms in total. The Kier molecular flexibility index (Phi) is 15.5. The van der Waals surface area contributed by atoms with Gasteiger partial charge in [0.1, 0.15) is 19.2 Å². The summed E-state index contributed by atoms with van der Waals surface area (Å²) >= 11 is 0. The third-order valence-electron chi connectivity index (χ3n) is 6.76. The number of nitrogens with one attached hydrogen (secondary N) is 1. The smallest absolute Gasteiger partial charge is 0.128 e. The lowest BCUT2D eigenvalue weighted by molar-refractivity contribution is -0.894. The van der Waals surface area contributed by atoms with Gasteiger partial charge < -0.3 is 34.3 Å². The quantitative estimate of drug-likeness (QED) is 0.137. The van der Waals surface area contributed by atoms with Gasteiger partial charge in [0.15, 0.2) is 0 Å². The summed E-state index contributed by atoms with van der Waals surface area (Å²) in [5.41, 5.74) is 2.23. The van der Waals surface area contributed by atoms with Crippen LogP contribution in [-0.4, -0.2) is 82.3 Å². The van der Waals surface area contributed by atoms with E-state index in [0.29, 0.717) is 63.4 Å². The molecule has 0 saturated carbocycles. The number of carboxylic acid groups (broad SMARTS) is 1. The van der Waals surface area contributed by atoms with Crippen molar-refractivity contribution in [2.75, 3.05) is 66.7 Å². The molecule has 0 heterocycles. The van der Waals surface area contributed by atoms with Gasteiger partial charge in [-0.3, -0.25) is 0 Å². The summed E-state index contributed by atoms with van der Waals surface area (Å²) in [7, 11) is 4.18. The minimum atomic E-state index is -1.00. The van der Waals surface area contributed by atoms with Gasteiger partial charge in [-0.25, -0.2) is 0 Å². The zero-order chi connectivity index (χ0) is 29.5. The summed E-state index contributed by atoms with van der Waals surface area (Å²) in [6.45, 7) is 20.1. The molecule has 224 valence electrons. The molecule has 0 aliphatic rings. The Morgan fingerprint density at radius 3 is 2.23 bits per heavy atom. The number of ether oxygens (including phenoxy) is 2. The van der Waals surface area contributed by atoms with Crippen molar-refractivity contribution >= 4 is 5.97 Å². The van der Waals surface area contributed by atoms with Gasteiger partial charge in [-0.15, -0.1) is 0 Å². The maximum atomic E-state index is 11.7. The van der Waals surface area contributed by atoms with E-state index in [4.69, 9.17) is 9.47 Å². The van der Waals surface area contributed by atoms with E-state index in [2.05, 4.69) is 60.6 Å². The fraction of sp³-hybridized carbons (Fsp3) is 0.719. The summed E-state index contributed by atoms with van der Waals surface area (Å²) in [5.74, 6) is -1.53. The van der Waals surface area contributed by atoms with E-state index in [9.17, 15) is 15.0 Å². The van der Waals surface area contributed by atoms with Crippen LogP contribution in [0.1, 0.15) is 72.0 Å². The lowest BCUT2D eigenvalue weighted by atomic mass is 9.72. The normalized spacial score (nSPS) is 14.3. The fourth-order valence-corrected chi connectivity index (χ4v) is 5.42. The van der Waals surface area contributed by atoms with Gasteiger partial charge in [0.2, 0.25) is 0 Å². The summed E-state index contributed by atoms with van der Waals surface area (Å²) in [4.78, 5) is 11.7. The van der Waals surface area contributed by atoms with Gasteiger partial charge in [0, 0.05) is 18.4 Å². The molecule has 0 saturated heterocycles. The highest BCUT2D eigenvalue weighted by Crippen LogP contribution is 2.38. The van der Waals surface area contributed by atoms with Gasteiger partial charge in [-0.1, -0.05) is 77.1 Å². The zero-order valence-electron chi connectivity index (χ0n) is 25.8. The number of likely N-dealkylation sites (N-methyl/N-ethyl adjacent to an activating group) is 1. The third-order valence-corrected chi connectivity index (χ3v) is 6.76. The van der Waals surface area contributed by atoms with Gasteiger partial charge in [0.05, 0.1) is 40.5 Å². The Morgan fingerprint density at radius 2 is 1.64 bits per heavy atom. The number of carboxylic acids is 1. The number of aliphatic carboxylic acids is 1. The van der Waals surface area contributed by atoms with E-state index in [1.54, 1.807) is 0 Å². The molecule has 0 fully saturated rings. The minimum absolute atomic E-state index is 0.0886. The first kappa shape index (κ1) is 35.3. The molecule has 0 aromatic heterocycles. The summed E-state index contributed by atoms with van der Waals surface area (Å²) in [6, 6.07) is 9.72. The van der Waals surface area contributed by atoms with E-state index < -0.39 is 18.0 Å². The number of carbonyl (C=O) groups is 1. The Morgan fingerprint density at radius 1 is 1.03 bits per heavy atom. The predicted molar refractivity (Wildman–Crippen MR) is 157 cm³/mol. The number of rotatable bonds is 21. The lowest BCUT2D eigenvalue weighted by Gasteiger charge is -2.34. The van der Waals surface area contributed by atoms with Crippen LogP contribution in [-0.2, 0) is 14.3 Å². The van der Waals surface area contributed by atoms with Crippen LogP contribution in [0.15, 0.2) is 42.5 Å². The number of hydrogen-bond donors (Lipinski definition) is 2. The molecule has 0 bridgehead atoms. The topological polar surface area (TPSA) is 90.8 Å². The molecule has 0 aliphatic heterocycles. The molecule has 0 spiro atoms. The first-order valence-corrected chi connectivity index (χ1v) is 14.4. The number of allylic oxidation sites excluding steroid dienone is 1. The van der Waals surface area contributed by atoms with Crippen LogP contribution in [0.2, 0.25) is 0 Å². The van der Waals surface area contributed by atoms with E-state index in [1.165, 1.54) is 0 Å². The number of aliphatic hydroxyl groups excluding tert-OH is 1. The molecule has 7 heteroatoms. The second kappa shape index (κ2) is 17.1. The molecule has 0 amide bonds. The Labute approximate surface area is 238 Å². The monoisotopic (exact) mass is 548 g/mol. The van der Waals surface area contributed by atoms with Crippen molar-refractivity contribution in [3.05, 3.63) is 48.0 Å². The molecule has 2 N–H and O–H groups in total. The van der Waals surface area contributed by atoms with E-state index in [-0.39, 0.29) is 10.8 Å².